The van der Waals surface area contributed by atoms with Crippen molar-refractivity contribution in [2.75, 3.05) is 6.61 Å². The van der Waals surface area contributed by atoms with E-state index in [2.05, 4.69) is 9.71 Å². The summed E-state index contributed by atoms with van der Waals surface area (Å²) >= 11 is 0. The number of aromatic carboxylic acids is 1. The van der Waals surface area contributed by atoms with E-state index in [9.17, 15) is 13.2 Å². The van der Waals surface area contributed by atoms with Crippen LogP contribution in [0.25, 0.3) is 0 Å². The van der Waals surface area contributed by atoms with Crippen LogP contribution < -0.4 is 4.72 Å². The number of hydrogen-bond donors (Lipinski definition) is 3. The summed E-state index contributed by atoms with van der Waals surface area (Å²) in [5, 5.41) is 17.3. The lowest BCUT2D eigenvalue weighted by Crippen LogP contribution is -2.37. The number of aromatic nitrogens is 1. The molecule has 0 unspecified atom stereocenters. The molecule has 7 nitrogen and oxygen atoms in total. The molecule has 1 rings (SSSR count). The van der Waals surface area contributed by atoms with Gasteiger partial charge in [0.05, 0.1) is 12.2 Å². The highest BCUT2D eigenvalue weighted by atomic mass is 32.2. The number of nitrogens with zero attached hydrogens (tertiary/aromatic N) is 1. The molecule has 1 aromatic heterocycles. The minimum absolute atomic E-state index is 0.0943. The van der Waals surface area contributed by atoms with Crippen molar-refractivity contribution in [2.45, 2.75) is 24.4 Å². The molecule has 100 valence electrons. The summed E-state index contributed by atoms with van der Waals surface area (Å²) in [5.74, 6) is -1.18. The van der Waals surface area contributed by atoms with Gasteiger partial charge in [0.15, 0.2) is 5.03 Å². The Bertz CT molecular complexity index is 508. The first-order valence-corrected chi connectivity index (χ1v) is 6.71. The molecule has 8 heteroatoms. The Morgan fingerprint density at radius 2 is 2.17 bits per heavy atom. The monoisotopic (exact) mass is 274 g/mol. The highest BCUT2D eigenvalue weighted by Gasteiger charge is 2.20. The first kappa shape index (κ1) is 14.6. The van der Waals surface area contributed by atoms with Gasteiger partial charge in [0.25, 0.3) is 10.0 Å². The predicted octanol–water partition coefficient (Wildman–Crippen LogP) is -0.171. The molecular weight excluding hydrogens is 260 g/mol. The summed E-state index contributed by atoms with van der Waals surface area (Å²) in [6.45, 7) is 1.41. The second-order valence-corrected chi connectivity index (χ2v) is 5.26. The van der Waals surface area contributed by atoms with Crippen LogP contribution >= 0.6 is 0 Å². The number of aliphatic hydroxyl groups excluding tert-OH is 1. The Labute approximate surface area is 105 Å². The molecule has 1 heterocycles. The molecule has 0 aliphatic rings. The van der Waals surface area contributed by atoms with E-state index >= 15 is 0 Å². The van der Waals surface area contributed by atoms with Crippen LogP contribution in [0.1, 0.15) is 23.7 Å². The van der Waals surface area contributed by atoms with Gasteiger partial charge in [0.1, 0.15) is 0 Å². The van der Waals surface area contributed by atoms with Crippen molar-refractivity contribution < 1.29 is 23.4 Å². The lowest BCUT2D eigenvalue weighted by atomic mass is 10.3. The fourth-order valence-electron chi connectivity index (χ4n) is 1.20. The highest BCUT2D eigenvalue weighted by molar-refractivity contribution is 7.89. The van der Waals surface area contributed by atoms with Crippen molar-refractivity contribution in [1.29, 1.82) is 0 Å². The van der Waals surface area contributed by atoms with Crippen LogP contribution in [-0.4, -0.2) is 42.2 Å². The minimum Gasteiger partial charge on any atom is -0.478 e. The Morgan fingerprint density at radius 3 is 2.56 bits per heavy atom. The number of pyridine rings is 1. The standard InChI is InChI=1S/C10H14N2O5S/c1-2-8(6-13)12-18(16,17)9-4-3-7(5-11-9)10(14)15/h3-5,8,12-13H,2,6H2,1H3,(H,14,15)/t8-/m0/s1. The van der Waals surface area contributed by atoms with E-state index in [1.54, 1.807) is 6.92 Å². The van der Waals surface area contributed by atoms with E-state index in [1.807, 2.05) is 0 Å². The van der Waals surface area contributed by atoms with E-state index in [-0.39, 0.29) is 17.2 Å². The molecule has 0 aliphatic heterocycles. The van der Waals surface area contributed by atoms with E-state index in [4.69, 9.17) is 10.2 Å². The van der Waals surface area contributed by atoms with Crippen LogP contribution in [0.3, 0.4) is 0 Å². The second kappa shape index (κ2) is 5.89. The van der Waals surface area contributed by atoms with E-state index in [0.717, 1.165) is 18.3 Å². The molecule has 0 spiro atoms. The first-order valence-electron chi connectivity index (χ1n) is 5.23. The van der Waals surface area contributed by atoms with Crippen LogP contribution in [0.5, 0.6) is 0 Å². The summed E-state index contributed by atoms with van der Waals surface area (Å²) < 4.78 is 25.9. The average Bonchev–Trinajstić information content (AvgIpc) is 2.36. The van der Waals surface area contributed by atoms with Crippen LogP contribution in [0, 0.1) is 0 Å². The molecule has 1 atom stereocenters. The van der Waals surface area contributed by atoms with Crippen molar-refractivity contribution in [3.05, 3.63) is 23.9 Å². The fourth-order valence-corrected chi connectivity index (χ4v) is 2.43. The van der Waals surface area contributed by atoms with E-state index in [1.165, 1.54) is 0 Å². The molecule has 0 fully saturated rings. The van der Waals surface area contributed by atoms with Gasteiger partial charge in [0, 0.05) is 12.2 Å². The van der Waals surface area contributed by atoms with Crippen molar-refractivity contribution in [3.63, 3.8) is 0 Å². The maximum Gasteiger partial charge on any atom is 0.337 e. The number of carboxylic acids is 1. The maximum absolute atomic E-state index is 11.8. The maximum atomic E-state index is 11.8. The van der Waals surface area contributed by atoms with Gasteiger partial charge >= 0.3 is 5.97 Å². The molecule has 0 saturated carbocycles. The van der Waals surface area contributed by atoms with E-state index in [0.29, 0.717) is 6.42 Å². The van der Waals surface area contributed by atoms with Crippen molar-refractivity contribution in [3.8, 4) is 0 Å². The SMILES string of the molecule is CC[C@@H](CO)NS(=O)(=O)c1ccc(C(=O)O)cn1. The van der Waals surface area contributed by atoms with Crippen molar-refractivity contribution >= 4 is 16.0 Å². The molecular formula is C10H14N2O5S. The third kappa shape index (κ3) is 3.49. The number of aliphatic hydroxyl groups is 1. The topological polar surface area (TPSA) is 117 Å². The van der Waals surface area contributed by atoms with Gasteiger partial charge in [-0.1, -0.05) is 6.92 Å². The molecule has 0 aliphatic carbocycles. The molecule has 0 radical (unpaired) electrons. The molecule has 0 bridgehead atoms. The average molecular weight is 274 g/mol. The second-order valence-electron chi connectivity index (χ2n) is 3.60. The number of hydrogen-bond acceptors (Lipinski definition) is 5. The van der Waals surface area contributed by atoms with Crippen LogP contribution in [0.2, 0.25) is 0 Å². The van der Waals surface area contributed by atoms with Gasteiger partial charge in [-0.25, -0.2) is 22.9 Å². The zero-order valence-corrected chi connectivity index (χ0v) is 10.5. The van der Waals surface area contributed by atoms with Crippen molar-refractivity contribution in [1.82, 2.24) is 9.71 Å². The number of sulfonamides is 1. The Kier molecular flexibility index (Phi) is 4.76. The normalized spacial score (nSPS) is 13.2. The van der Waals surface area contributed by atoms with E-state index < -0.39 is 22.0 Å². The third-order valence-electron chi connectivity index (χ3n) is 2.29. The Hall–Kier alpha value is -1.51. The third-order valence-corrected chi connectivity index (χ3v) is 3.73. The van der Waals surface area contributed by atoms with Crippen LogP contribution in [-0.2, 0) is 10.0 Å². The predicted molar refractivity (Wildman–Crippen MR) is 62.7 cm³/mol. The lowest BCUT2D eigenvalue weighted by molar-refractivity contribution is 0.0696. The lowest BCUT2D eigenvalue weighted by Gasteiger charge is -2.13. The van der Waals surface area contributed by atoms with Gasteiger partial charge < -0.3 is 10.2 Å². The highest BCUT2D eigenvalue weighted by Crippen LogP contribution is 2.08. The Morgan fingerprint density at radius 1 is 1.50 bits per heavy atom. The van der Waals surface area contributed by atoms with Gasteiger partial charge in [-0.3, -0.25) is 0 Å². The smallest absolute Gasteiger partial charge is 0.337 e. The summed E-state index contributed by atoms with van der Waals surface area (Å²) in [5.41, 5.74) is -0.0943. The number of carboxylic acid groups (broad SMARTS) is 1. The Balaban J connectivity index is 2.95. The molecule has 18 heavy (non-hydrogen) atoms. The summed E-state index contributed by atoms with van der Waals surface area (Å²) in [4.78, 5) is 14.2. The van der Waals surface area contributed by atoms with Crippen molar-refractivity contribution in [2.24, 2.45) is 0 Å². The first-order chi connectivity index (χ1) is 8.40. The van der Waals surface area contributed by atoms with Gasteiger partial charge in [-0.15, -0.1) is 0 Å². The van der Waals surface area contributed by atoms with Crippen LogP contribution in [0.15, 0.2) is 23.4 Å². The summed E-state index contributed by atoms with van der Waals surface area (Å²) in [6, 6.07) is 1.68. The fraction of sp³-hybridized carbons (Fsp3) is 0.400. The molecule has 0 saturated heterocycles. The minimum atomic E-state index is -3.84. The number of rotatable bonds is 6. The number of nitrogens with one attached hydrogen (secondary N) is 1. The number of carbonyl (C=O) groups is 1. The molecule has 0 amide bonds. The largest absolute Gasteiger partial charge is 0.478 e. The molecule has 3 N–H and O–H groups in total. The summed E-state index contributed by atoms with van der Waals surface area (Å²) in [7, 11) is -3.84. The van der Waals surface area contributed by atoms with Crippen LogP contribution in [0.4, 0.5) is 0 Å². The zero-order chi connectivity index (χ0) is 13.8. The summed E-state index contributed by atoms with van der Waals surface area (Å²) in [6.07, 6.45) is 1.40. The quantitative estimate of drug-likeness (QED) is 0.663. The van der Waals surface area contributed by atoms with Gasteiger partial charge in [-0.2, -0.15) is 0 Å². The zero-order valence-electron chi connectivity index (χ0n) is 9.70. The molecule has 1 aromatic rings. The van der Waals surface area contributed by atoms with Gasteiger partial charge in [0.2, 0.25) is 0 Å². The molecule has 0 aromatic carbocycles. The van der Waals surface area contributed by atoms with Gasteiger partial charge in [-0.05, 0) is 18.6 Å².